The number of benzene rings is 1. The van der Waals surface area contributed by atoms with Gasteiger partial charge in [-0.15, -0.1) is 0 Å². The van der Waals surface area contributed by atoms with E-state index in [1.165, 1.54) is 33.1 Å². The predicted octanol–water partition coefficient (Wildman–Crippen LogP) is 3.88. The lowest BCUT2D eigenvalue weighted by molar-refractivity contribution is -0.167. The van der Waals surface area contributed by atoms with Crippen molar-refractivity contribution >= 4 is 45.9 Å². The summed E-state index contributed by atoms with van der Waals surface area (Å²) in [6.45, 7) is 3.33. The molecule has 2 heterocycles. The summed E-state index contributed by atoms with van der Waals surface area (Å²) >= 11 is 1.10. The number of thioether (sulfide) groups is 2. The van der Waals surface area contributed by atoms with E-state index in [4.69, 9.17) is 18.9 Å². The Morgan fingerprint density at radius 3 is 2.39 bits per heavy atom. The Morgan fingerprint density at radius 2 is 1.78 bits per heavy atom. The quantitative estimate of drug-likeness (QED) is 0.469. The Bertz CT molecular complexity index is 1110. The zero-order valence-electron chi connectivity index (χ0n) is 20.6. The molecule has 1 aromatic rings. The zero-order valence-corrected chi connectivity index (χ0v) is 22.2. The van der Waals surface area contributed by atoms with Crippen molar-refractivity contribution in [3.63, 3.8) is 0 Å². The number of likely N-dealkylation sites (N-methyl/N-ethyl adjacent to an activating group) is 1. The van der Waals surface area contributed by atoms with Crippen molar-refractivity contribution in [2.24, 2.45) is 0 Å². The summed E-state index contributed by atoms with van der Waals surface area (Å²) in [5, 5.41) is 7.83. The highest BCUT2D eigenvalue weighted by atomic mass is 32.2. The van der Waals surface area contributed by atoms with E-state index in [9.17, 15) is 24.4 Å². The molecule has 0 aromatic heterocycles. The lowest BCUT2D eigenvalue weighted by atomic mass is 9.93. The maximum absolute atomic E-state index is 14.3. The topological polar surface area (TPSA) is 135 Å². The number of methoxy groups -OCH3 is 2. The largest absolute Gasteiger partial charge is 0.461 e. The van der Waals surface area contributed by atoms with Crippen molar-refractivity contribution in [1.82, 2.24) is 9.80 Å². The molecule has 0 radical (unpaired) electrons. The van der Waals surface area contributed by atoms with E-state index >= 15 is 0 Å². The van der Waals surface area contributed by atoms with Crippen molar-refractivity contribution in [2.75, 3.05) is 28.1 Å². The number of fused-ring (bicyclic) bond motifs is 1. The maximum Gasteiger partial charge on any atom is 0.369 e. The van der Waals surface area contributed by atoms with E-state index < -0.39 is 38.2 Å². The van der Waals surface area contributed by atoms with Crippen LogP contribution in [-0.2, 0) is 19.1 Å². The number of amides is 2. The molecule has 1 fully saturated rings. The average Bonchev–Trinajstić information content (AvgIpc) is 3.35. The number of nitriles is 1. The van der Waals surface area contributed by atoms with Crippen molar-refractivity contribution in [1.29, 1.82) is 5.26 Å². The van der Waals surface area contributed by atoms with Crippen molar-refractivity contribution < 1.29 is 38.1 Å². The van der Waals surface area contributed by atoms with E-state index in [2.05, 4.69) is 0 Å². The summed E-state index contributed by atoms with van der Waals surface area (Å²) in [5.41, 5.74) is 0.629. The molecule has 1 aromatic carbocycles. The Hall–Kier alpha value is -3.11. The fourth-order valence-electron chi connectivity index (χ4n) is 4.26. The first-order valence-electron chi connectivity index (χ1n) is 11.0. The van der Waals surface area contributed by atoms with Gasteiger partial charge in [0.25, 0.3) is 11.8 Å². The summed E-state index contributed by atoms with van der Waals surface area (Å²) in [5.74, 6) is -0.196. The molecule has 13 heteroatoms. The summed E-state index contributed by atoms with van der Waals surface area (Å²) in [7, 11) is 3.73. The van der Waals surface area contributed by atoms with Gasteiger partial charge in [-0.05, 0) is 54.6 Å². The molecular formula is C23H27N3O8S2. The number of hydrogen-bond donors (Lipinski definition) is 0. The Kier molecular flexibility index (Phi) is 8.30. The van der Waals surface area contributed by atoms with Crippen LogP contribution in [0.25, 0.3) is 0 Å². The SMILES string of the molecule is CCC(c1ccc2c(c1)OCO2)N1C(=O)[C@](C)(SC(=O)OC)N(C)C(=O)C1(CCC#N)SC(=O)OC. The monoisotopic (exact) mass is 537 g/mol. The second kappa shape index (κ2) is 10.9. The highest BCUT2D eigenvalue weighted by molar-refractivity contribution is 8.15. The number of piperazine rings is 1. The summed E-state index contributed by atoms with van der Waals surface area (Å²) in [6.07, 6.45) is 0.0847. The maximum atomic E-state index is 14.3. The Labute approximate surface area is 217 Å². The standard InChI is InChI=1S/C23H27N3O8S2/c1-6-15(14-8-9-16-17(12-14)34-13-33-16)26-18(27)22(2,35-20(29)31-4)25(3)19(28)23(26,10-7-11-24)36-21(30)32-5/h8-9,12,15H,6-7,10,13H2,1-5H3/t15?,22-,23?/m0/s1. The van der Waals surface area contributed by atoms with E-state index in [-0.39, 0.29) is 19.6 Å². The van der Waals surface area contributed by atoms with Crippen LogP contribution in [-0.4, -0.2) is 70.0 Å². The van der Waals surface area contributed by atoms with E-state index in [0.29, 0.717) is 47.0 Å². The van der Waals surface area contributed by atoms with Crippen LogP contribution in [0, 0.1) is 11.3 Å². The molecule has 0 saturated carbocycles. The van der Waals surface area contributed by atoms with Crippen LogP contribution in [0.5, 0.6) is 11.5 Å². The van der Waals surface area contributed by atoms with E-state index in [0.717, 1.165) is 4.90 Å². The first kappa shape index (κ1) is 27.5. The second-order valence-corrected chi connectivity index (χ2v) is 10.7. The van der Waals surface area contributed by atoms with E-state index in [1.807, 2.05) is 13.0 Å². The molecule has 11 nitrogen and oxygen atoms in total. The first-order chi connectivity index (χ1) is 17.1. The molecule has 36 heavy (non-hydrogen) atoms. The number of ether oxygens (including phenoxy) is 4. The number of nitrogens with zero attached hydrogens (tertiary/aromatic N) is 3. The summed E-state index contributed by atoms with van der Waals surface area (Å²) in [6, 6.07) is 6.45. The number of carbonyl (C=O) groups is 4. The lowest BCUT2D eigenvalue weighted by Gasteiger charge is -2.55. The third-order valence-corrected chi connectivity index (χ3v) is 8.63. The van der Waals surface area contributed by atoms with Crippen LogP contribution in [0.2, 0.25) is 0 Å². The molecule has 2 unspecified atom stereocenters. The van der Waals surface area contributed by atoms with Crippen molar-refractivity contribution in [3.05, 3.63) is 23.8 Å². The van der Waals surface area contributed by atoms with Crippen molar-refractivity contribution in [3.8, 4) is 17.6 Å². The van der Waals surface area contributed by atoms with Crippen LogP contribution >= 0.6 is 23.5 Å². The molecule has 2 amide bonds. The first-order valence-corrected chi connectivity index (χ1v) is 12.6. The van der Waals surface area contributed by atoms with Gasteiger partial charge in [0, 0.05) is 19.9 Å². The molecule has 0 N–H and O–H groups in total. The lowest BCUT2D eigenvalue weighted by Crippen LogP contribution is -2.73. The number of carbonyl (C=O) groups excluding carboxylic acids is 4. The molecule has 2 aliphatic heterocycles. The van der Waals surface area contributed by atoms with Gasteiger partial charge in [0.1, 0.15) is 0 Å². The van der Waals surface area contributed by atoms with Gasteiger partial charge in [0.2, 0.25) is 6.79 Å². The summed E-state index contributed by atoms with van der Waals surface area (Å²) < 4.78 is 20.5. The minimum Gasteiger partial charge on any atom is -0.461 e. The number of hydrogen-bond acceptors (Lipinski definition) is 11. The van der Waals surface area contributed by atoms with Crippen molar-refractivity contribution in [2.45, 2.75) is 48.9 Å². The highest BCUT2D eigenvalue weighted by Crippen LogP contribution is 2.51. The van der Waals surface area contributed by atoms with Gasteiger partial charge in [-0.1, -0.05) is 13.0 Å². The van der Waals surface area contributed by atoms with Gasteiger partial charge in [0.05, 0.1) is 26.3 Å². The minimum atomic E-state index is -1.80. The van der Waals surface area contributed by atoms with Gasteiger partial charge in [-0.2, -0.15) is 5.26 Å². The molecule has 3 rings (SSSR count). The highest BCUT2D eigenvalue weighted by Gasteiger charge is 2.64. The molecule has 3 atom stereocenters. The Morgan fingerprint density at radius 1 is 1.14 bits per heavy atom. The molecule has 0 spiro atoms. The van der Waals surface area contributed by atoms with Crippen LogP contribution in [0.3, 0.4) is 0 Å². The van der Waals surface area contributed by atoms with Gasteiger partial charge < -0.3 is 28.7 Å². The third-order valence-electron chi connectivity index (χ3n) is 6.21. The third kappa shape index (κ3) is 4.67. The molecule has 194 valence electrons. The van der Waals surface area contributed by atoms with Gasteiger partial charge >= 0.3 is 10.6 Å². The average molecular weight is 538 g/mol. The predicted molar refractivity (Wildman–Crippen MR) is 131 cm³/mol. The van der Waals surface area contributed by atoms with Gasteiger partial charge in [-0.3, -0.25) is 9.59 Å². The normalized spacial score (nSPS) is 23.8. The Balaban J connectivity index is 2.24. The number of rotatable bonds is 7. The smallest absolute Gasteiger partial charge is 0.369 e. The van der Waals surface area contributed by atoms with E-state index in [1.54, 1.807) is 18.2 Å². The fourth-order valence-corrected chi connectivity index (χ4v) is 6.17. The van der Waals surface area contributed by atoms with Gasteiger partial charge in [-0.25, -0.2) is 9.59 Å². The van der Waals surface area contributed by atoms with Crippen LogP contribution in [0.1, 0.15) is 44.7 Å². The molecule has 1 saturated heterocycles. The summed E-state index contributed by atoms with van der Waals surface area (Å²) in [4.78, 5) is 52.2. The fraction of sp³-hybridized carbons (Fsp3) is 0.522. The molecule has 0 aliphatic carbocycles. The second-order valence-electron chi connectivity index (χ2n) is 8.11. The molecular weight excluding hydrogens is 510 g/mol. The van der Waals surface area contributed by atoms with Crippen LogP contribution < -0.4 is 9.47 Å². The van der Waals surface area contributed by atoms with Crippen LogP contribution in [0.15, 0.2) is 18.2 Å². The minimum absolute atomic E-state index is 0.0552. The molecule has 2 aliphatic rings. The molecule has 0 bridgehead atoms. The van der Waals surface area contributed by atoms with Crippen LogP contribution in [0.4, 0.5) is 9.59 Å². The van der Waals surface area contributed by atoms with Gasteiger partial charge in [0.15, 0.2) is 21.2 Å². The zero-order chi connectivity index (χ0) is 26.7.